The Balaban J connectivity index is 1.98. The van der Waals surface area contributed by atoms with Gasteiger partial charge in [-0.25, -0.2) is 8.78 Å². The van der Waals surface area contributed by atoms with E-state index in [0.29, 0.717) is 17.1 Å². The highest BCUT2D eigenvalue weighted by molar-refractivity contribution is 6.32. The van der Waals surface area contributed by atoms with Crippen molar-refractivity contribution in [1.82, 2.24) is 4.98 Å². The number of rotatable bonds is 1. The van der Waals surface area contributed by atoms with E-state index in [9.17, 15) is 8.78 Å². The van der Waals surface area contributed by atoms with Gasteiger partial charge in [0.2, 0.25) is 0 Å². The quantitative estimate of drug-likeness (QED) is 0.865. The lowest BCUT2D eigenvalue weighted by atomic mass is 10.1. The first kappa shape index (κ1) is 13.1. The molecule has 0 bridgehead atoms. The Morgan fingerprint density at radius 1 is 1.25 bits per heavy atom. The maximum atomic E-state index is 13.3. The molecular formula is C14H11ClF2N2O. The number of fused-ring (bicyclic) bond motifs is 1. The van der Waals surface area contributed by atoms with Crippen LogP contribution in [0.15, 0.2) is 30.5 Å². The predicted molar refractivity (Wildman–Crippen MR) is 72.1 cm³/mol. The van der Waals surface area contributed by atoms with Crippen LogP contribution in [0, 0.1) is 11.6 Å². The Labute approximate surface area is 119 Å². The summed E-state index contributed by atoms with van der Waals surface area (Å²) < 4.78 is 32.0. The maximum Gasteiger partial charge on any atom is 0.162 e. The molecule has 1 aromatic carbocycles. The minimum absolute atomic E-state index is 0.154. The second kappa shape index (κ2) is 4.90. The lowest BCUT2D eigenvalue weighted by molar-refractivity contribution is 0.173. The summed E-state index contributed by atoms with van der Waals surface area (Å²) in [5, 5.41) is 3.31. The van der Waals surface area contributed by atoms with Crippen molar-refractivity contribution >= 4 is 17.3 Å². The molecule has 2 aromatic rings. The van der Waals surface area contributed by atoms with Gasteiger partial charge in [-0.1, -0.05) is 11.6 Å². The van der Waals surface area contributed by atoms with Crippen molar-refractivity contribution < 1.29 is 13.5 Å². The molecule has 3 nitrogen and oxygen atoms in total. The zero-order valence-electron chi connectivity index (χ0n) is 10.5. The average molecular weight is 297 g/mol. The van der Waals surface area contributed by atoms with Crippen LogP contribution >= 0.6 is 11.6 Å². The van der Waals surface area contributed by atoms with Gasteiger partial charge in [0.25, 0.3) is 0 Å². The molecule has 0 radical (unpaired) electrons. The number of pyridine rings is 1. The lowest BCUT2D eigenvalue weighted by Gasteiger charge is -2.33. The van der Waals surface area contributed by atoms with Gasteiger partial charge in [0.05, 0.1) is 28.6 Å². The number of anilines is 1. The Bertz CT molecular complexity index is 648. The fourth-order valence-corrected chi connectivity index (χ4v) is 2.46. The Morgan fingerprint density at radius 3 is 2.75 bits per heavy atom. The zero-order chi connectivity index (χ0) is 14.3. The van der Waals surface area contributed by atoms with E-state index < -0.39 is 17.7 Å². The molecule has 2 heterocycles. The number of halogens is 3. The predicted octanol–water partition coefficient (Wildman–Crippen LogP) is 3.95. The first-order valence-electron chi connectivity index (χ1n) is 6.08. The van der Waals surface area contributed by atoms with Crippen LogP contribution in [0.4, 0.5) is 14.5 Å². The second-order valence-corrected chi connectivity index (χ2v) is 5.04. The van der Waals surface area contributed by atoms with E-state index in [1.54, 1.807) is 6.07 Å². The molecule has 6 heteroatoms. The normalized spacial score (nSPS) is 20.8. The van der Waals surface area contributed by atoms with Crippen LogP contribution in [-0.4, -0.2) is 11.0 Å². The molecular weight excluding hydrogens is 286 g/mol. The van der Waals surface area contributed by atoms with Gasteiger partial charge >= 0.3 is 0 Å². The molecule has 0 fully saturated rings. The summed E-state index contributed by atoms with van der Waals surface area (Å²) in [5.41, 5.74) is 1.08. The molecule has 20 heavy (non-hydrogen) atoms. The molecule has 1 aliphatic rings. The van der Waals surface area contributed by atoms with Crippen molar-refractivity contribution in [3.8, 4) is 5.75 Å². The van der Waals surface area contributed by atoms with Crippen molar-refractivity contribution in [1.29, 1.82) is 0 Å². The molecule has 1 N–H and O–H groups in total. The van der Waals surface area contributed by atoms with Gasteiger partial charge in [0.15, 0.2) is 11.9 Å². The minimum atomic E-state index is -0.435. The highest BCUT2D eigenvalue weighted by atomic mass is 35.5. The summed E-state index contributed by atoms with van der Waals surface area (Å²) >= 11 is 5.99. The van der Waals surface area contributed by atoms with Crippen molar-refractivity contribution in [2.24, 2.45) is 0 Å². The third kappa shape index (κ3) is 2.29. The molecule has 1 aliphatic heterocycles. The van der Waals surface area contributed by atoms with E-state index in [0.717, 1.165) is 6.20 Å². The lowest BCUT2D eigenvalue weighted by Crippen LogP contribution is -2.33. The van der Waals surface area contributed by atoms with Crippen LogP contribution in [-0.2, 0) is 0 Å². The molecule has 1 aromatic heterocycles. The third-order valence-electron chi connectivity index (χ3n) is 3.13. The monoisotopic (exact) mass is 296 g/mol. The van der Waals surface area contributed by atoms with Gasteiger partial charge in [-0.2, -0.15) is 0 Å². The van der Waals surface area contributed by atoms with Crippen LogP contribution in [0.25, 0.3) is 0 Å². The van der Waals surface area contributed by atoms with Crippen LogP contribution < -0.4 is 10.1 Å². The number of benzene rings is 1. The Kier molecular flexibility index (Phi) is 3.22. The smallest absolute Gasteiger partial charge is 0.162 e. The number of nitrogens with one attached hydrogen (secondary N) is 1. The van der Waals surface area contributed by atoms with Crippen LogP contribution in [0.2, 0.25) is 5.02 Å². The zero-order valence-corrected chi connectivity index (χ0v) is 11.3. The van der Waals surface area contributed by atoms with Gasteiger partial charge in [0.1, 0.15) is 11.6 Å². The fraction of sp³-hybridized carbons (Fsp3) is 0.214. The second-order valence-electron chi connectivity index (χ2n) is 4.64. The molecule has 0 spiro atoms. The first-order valence-corrected chi connectivity index (χ1v) is 6.46. The molecule has 2 atom stereocenters. The van der Waals surface area contributed by atoms with Crippen LogP contribution in [0.5, 0.6) is 5.75 Å². The van der Waals surface area contributed by atoms with Gasteiger partial charge in [-0.05, 0) is 25.1 Å². The van der Waals surface area contributed by atoms with Crippen LogP contribution in [0.1, 0.15) is 18.7 Å². The number of hydrogen-bond donors (Lipinski definition) is 1. The molecule has 3 rings (SSSR count). The third-order valence-corrected chi connectivity index (χ3v) is 3.41. The maximum absolute atomic E-state index is 13.3. The van der Waals surface area contributed by atoms with E-state index >= 15 is 0 Å². The summed E-state index contributed by atoms with van der Waals surface area (Å²) in [6.07, 6.45) is 0.707. The largest absolute Gasteiger partial charge is 0.478 e. The SMILES string of the molecule is CC1Nc2cc(F)cc(Cl)c2OC1c1ccc(F)cn1. The van der Waals surface area contributed by atoms with Crippen molar-refractivity contribution in [2.75, 3.05) is 5.32 Å². The number of hydrogen-bond acceptors (Lipinski definition) is 3. The summed E-state index contributed by atoms with van der Waals surface area (Å²) in [4.78, 5) is 4.02. The topological polar surface area (TPSA) is 34.1 Å². The molecule has 104 valence electrons. The highest BCUT2D eigenvalue weighted by Gasteiger charge is 2.30. The average Bonchev–Trinajstić information content (AvgIpc) is 2.39. The summed E-state index contributed by atoms with van der Waals surface area (Å²) in [7, 11) is 0. The van der Waals surface area contributed by atoms with Gasteiger partial charge in [-0.15, -0.1) is 0 Å². The summed E-state index contributed by atoms with van der Waals surface area (Å²) in [6.45, 7) is 1.87. The molecule has 2 unspecified atom stereocenters. The number of nitrogens with zero attached hydrogens (tertiary/aromatic N) is 1. The van der Waals surface area contributed by atoms with Gasteiger partial charge in [0, 0.05) is 6.07 Å². The molecule has 0 amide bonds. The van der Waals surface area contributed by atoms with E-state index in [1.807, 2.05) is 6.92 Å². The van der Waals surface area contributed by atoms with Crippen molar-refractivity contribution in [2.45, 2.75) is 19.1 Å². The van der Waals surface area contributed by atoms with Gasteiger partial charge < -0.3 is 10.1 Å². The Hall–Kier alpha value is -1.88. The number of ether oxygens (including phenoxy) is 1. The standard InChI is InChI=1S/C14H11ClF2N2O/c1-7-13(11-3-2-8(16)6-18-11)20-14-10(15)4-9(17)5-12(14)19-7/h2-7,13,19H,1H3. The van der Waals surface area contributed by atoms with E-state index in [1.165, 1.54) is 18.2 Å². The fourth-order valence-electron chi connectivity index (χ4n) is 2.21. The minimum Gasteiger partial charge on any atom is -0.478 e. The summed E-state index contributed by atoms with van der Waals surface area (Å²) in [5.74, 6) is -0.469. The molecule has 0 saturated carbocycles. The summed E-state index contributed by atoms with van der Waals surface area (Å²) in [6, 6.07) is 5.23. The molecule has 0 aliphatic carbocycles. The van der Waals surface area contributed by atoms with Crippen molar-refractivity contribution in [3.05, 3.63) is 52.8 Å². The highest BCUT2D eigenvalue weighted by Crippen LogP contribution is 2.42. The van der Waals surface area contributed by atoms with E-state index in [-0.39, 0.29) is 11.1 Å². The van der Waals surface area contributed by atoms with Gasteiger partial charge in [-0.3, -0.25) is 4.98 Å². The molecule has 0 saturated heterocycles. The van der Waals surface area contributed by atoms with E-state index in [4.69, 9.17) is 16.3 Å². The van der Waals surface area contributed by atoms with Crippen molar-refractivity contribution in [3.63, 3.8) is 0 Å². The first-order chi connectivity index (χ1) is 9.54. The number of aromatic nitrogens is 1. The Morgan fingerprint density at radius 2 is 2.05 bits per heavy atom. The van der Waals surface area contributed by atoms with E-state index in [2.05, 4.69) is 10.3 Å². The van der Waals surface area contributed by atoms with Crippen LogP contribution in [0.3, 0.4) is 0 Å².